The van der Waals surface area contributed by atoms with Crippen molar-refractivity contribution in [3.05, 3.63) is 102 Å². The second-order valence-corrected chi connectivity index (χ2v) is 8.02. The molecule has 3 heteroatoms. The highest BCUT2D eigenvalue weighted by molar-refractivity contribution is 6.04. The number of fused-ring (bicyclic) bond motifs is 1. The summed E-state index contributed by atoms with van der Waals surface area (Å²) in [6.07, 6.45) is 5.69. The van der Waals surface area contributed by atoms with Crippen LogP contribution < -0.4 is 0 Å². The lowest BCUT2D eigenvalue weighted by atomic mass is 9.92. The molecule has 3 heterocycles. The molecule has 31 heavy (non-hydrogen) atoms. The third-order valence-electron chi connectivity index (χ3n) is 5.60. The molecule has 0 fully saturated rings. The summed E-state index contributed by atoms with van der Waals surface area (Å²) in [5, 5.41) is 2.33. The molecule has 0 aliphatic heterocycles. The summed E-state index contributed by atoms with van der Waals surface area (Å²) in [5.41, 5.74) is 10.1. The number of nitrogens with zero attached hydrogens (tertiary/aromatic N) is 3. The van der Waals surface area contributed by atoms with Crippen molar-refractivity contribution in [2.45, 2.75) is 20.8 Å². The largest absolute Gasteiger partial charge is 0.264 e. The Labute approximate surface area is 182 Å². The molecular weight excluding hydrogens is 378 g/mol. The van der Waals surface area contributed by atoms with E-state index in [1.165, 1.54) is 27.6 Å². The van der Waals surface area contributed by atoms with Gasteiger partial charge in [0.1, 0.15) is 0 Å². The molecule has 0 amide bonds. The van der Waals surface area contributed by atoms with Gasteiger partial charge in [0.15, 0.2) is 0 Å². The summed E-state index contributed by atoms with van der Waals surface area (Å²) in [6.45, 7) is 6.17. The highest BCUT2D eigenvalue weighted by Gasteiger charge is 2.11. The standard InChI is InChI=1S/C28H23N3/c1-18-9-12-30-28(13-18)22-6-4-5-21(16-22)24-7-8-25(26-10-11-29-17-27(24)26)23-14-19(2)31-20(3)15-23/h4-17H,1-3H3. The second kappa shape index (κ2) is 7.77. The highest BCUT2D eigenvalue weighted by atomic mass is 14.7. The number of benzene rings is 2. The van der Waals surface area contributed by atoms with Gasteiger partial charge in [0.25, 0.3) is 0 Å². The van der Waals surface area contributed by atoms with Crippen LogP contribution in [0.25, 0.3) is 44.3 Å². The van der Waals surface area contributed by atoms with Gasteiger partial charge >= 0.3 is 0 Å². The van der Waals surface area contributed by atoms with Crippen molar-refractivity contribution in [3.8, 4) is 33.5 Å². The maximum absolute atomic E-state index is 4.56. The molecular formula is C28H23N3. The average molecular weight is 402 g/mol. The Morgan fingerprint density at radius 1 is 0.613 bits per heavy atom. The molecule has 0 bridgehead atoms. The quantitative estimate of drug-likeness (QED) is 0.328. The van der Waals surface area contributed by atoms with E-state index >= 15 is 0 Å². The van der Waals surface area contributed by atoms with Crippen molar-refractivity contribution in [2.75, 3.05) is 0 Å². The van der Waals surface area contributed by atoms with E-state index in [1.807, 2.05) is 38.5 Å². The van der Waals surface area contributed by atoms with Crippen molar-refractivity contribution in [1.29, 1.82) is 0 Å². The minimum atomic E-state index is 0.989. The fourth-order valence-electron chi connectivity index (χ4n) is 4.22. The number of rotatable bonds is 3. The van der Waals surface area contributed by atoms with E-state index in [4.69, 9.17) is 0 Å². The lowest BCUT2D eigenvalue weighted by molar-refractivity contribution is 1.12. The van der Waals surface area contributed by atoms with Crippen LogP contribution in [0.1, 0.15) is 17.0 Å². The molecule has 3 aromatic heterocycles. The van der Waals surface area contributed by atoms with Crippen molar-refractivity contribution >= 4 is 10.8 Å². The van der Waals surface area contributed by atoms with Gasteiger partial charge in [0.05, 0.1) is 5.69 Å². The zero-order chi connectivity index (χ0) is 21.4. The van der Waals surface area contributed by atoms with Gasteiger partial charge in [-0.15, -0.1) is 0 Å². The van der Waals surface area contributed by atoms with Gasteiger partial charge in [-0.2, -0.15) is 0 Å². The van der Waals surface area contributed by atoms with E-state index in [2.05, 4.69) is 82.5 Å². The Bertz CT molecular complexity index is 1400. The predicted octanol–water partition coefficient (Wildman–Crippen LogP) is 6.95. The van der Waals surface area contributed by atoms with Crippen LogP contribution in [0, 0.1) is 20.8 Å². The topological polar surface area (TPSA) is 38.7 Å². The third-order valence-corrected chi connectivity index (χ3v) is 5.60. The van der Waals surface area contributed by atoms with Crippen LogP contribution in [0.4, 0.5) is 0 Å². The van der Waals surface area contributed by atoms with Crippen LogP contribution in [0.5, 0.6) is 0 Å². The van der Waals surface area contributed by atoms with E-state index in [0.29, 0.717) is 0 Å². The molecule has 0 unspecified atom stereocenters. The van der Waals surface area contributed by atoms with Crippen LogP contribution >= 0.6 is 0 Å². The summed E-state index contributed by atoms with van der Waals surface area (Å²) in [5.74, 6) is 0. The molecule has 0 radical (unpaired) electrons. The van der Waals surface area contributed by atoms with E-state index in [1.54, 1.807) is 0 Å². The zero-order valence-corrected chi connectivity index (χ0v) is 17.9. The van der Waals surface area contributed by atoms with E-state index in [9.17, 15) is 0 Å². The Morgan fingerprint density at radius 2 is 1.35 bits per heavy atom. The van der Waals surface area contributed by atoms with Crippen molar-refractivity contribution in [1.82, 2.24) is 15.0 Å². The van der Waals surface area contributed by atoms with Gasteiger partial charge in [0.2, 0.25) is 0 Å². The van der Waals surface area contributed by atoms with Gasteiger partial charge < -0.3 is 0 Å². The monoisotopic (exact) mass is 401 g/mol. The van der Waals surface area contributed by atoms with Crippen molar-refractivity contribution < 1.29 is 0 Å². The summed E-state index contributed by atoms with van der Waals surface area (Å²) < 4.78 is 0. The summed E-state index contributed by atoms with van der Waals surface area (Å²) in [7, 11) is 0. The van der Waals surface area contributed by atoms with Crippen LogP contribution in [-0.2, 0) is 0 Å². The number of hydrogen-bond acceptors (Lipinski definition) is 3. The molecule has 2 aromatic carbocycles. The number of aromatic nitrogens is 3. The third kappa shape index (κ3) is 3.71. The predicted molar refractivity (Wildman–Crippen MR) is 128 cm³/mol. The van der Waals surface area contributed by atoms with E-state index in [-0.39, 0.29) is 0 Å². The summed E-state index contributed by atoms with van der Waals surface area (Å²) in [6, 6.07) is 23.5. The molecule has 150 valence electrons. The lowest BCUT2D eigenvalue weighted by Crippen LogP contribution is -1.91. The summed E-state index contributed by atoms with van der Waals surface area (Å²) >= 11 is 0. The number of pyridine rings is 3. The van der Waals surface area contributed by atoms with Gasteiger partial charge in [-0.1, -0.05) is 30.3 Å². The Balaban J connectivity index is 1.68. The van der Waals surface area contributed by atoms with Crippen LogP contribution in [-0.4, -0.2) is 15.0 Å². The molecule has 0 N–H and O–H groups in total. The zero-order valence-electron chi connectivity index (χ0n) is 17.9. The Kier molecular flexibility index (Phi) is 4.79. The first kappa shape index (κ1) is 19.1. The first-order chi connectivity index (χ1) is 15.1. The molecule has 0 atom stereocenters. The number of hydrogen-bond donors (Lipinski definition) is 0. The van der Waals surface area contributed by atoms with Gasteiger partial charge in [-0.3, -0.25) is 15.0 Å². The molecule has 0 spiro atoms. The highest BCUT2D eigenvalue weighted by Crippen LogP contribution is 2.36. The maximum Gasteiger partial charge on any atom is 0.0704 e. The normalized spacial score (nSPS) is 11.1. The van der Waals surface area contributed by atoms with Crippen LogP contribution in [0.3, 0.4) is 0 Å². The van der Waals surface area contributed by atoms with Gasteiger partial charge in [-0.25, -0.2) is 0 Å². The lowest BCUT2D eigenvalue weighted by Gasteiger charge is -2.13. The smallest absolute Gasteiger partial charge is 0.0704 e. The fourth-order valence-corrected chi connectivity index (χ4v) is 4.22. The van der Waals surface area contributed by atoms with Crippen LogP contribution in [0.15, 0.2) is 85.3 Å². The van der Waals surface area contributed by atoms with E-state index < -0.39 is 0 Å². The first-order valence-electron chi connectivity index (χ1n) is 10.4. The van der Waals surface area contributed by atoms with Crippen LogP contribution in [0.2, 0.25) is 0 Å². The Morgan fingerprint density at radius 3 is 2.13 bits per heavy atom. The molecule has 5 rings (SSSR count). The molecule has 5 aromatic rings. The SMILES string of the molecule is Cc1ccnc(-c2cccc(-c3ccc(-c4cc(C)nc(C)c4)c4ccncc34)c2)c1. The first-order valence-corrected chi connectivity index (χ1v) is 10.4. The minimum absolute atomic E-state index is 0.989. The average Bonchev–Trinajstić information content (AvgIpc) is 2.78. The summed E-state index contributed by atoms with van der Waals surface area (Å²) in [4.78, 5) is 13.5. The molecule has 0 aliphatic rings. The second-order valence-electron chi connectivity index (χ2n) is 8.02. The number of aryl methyl sites for hydroxylation is 3. The molecule has 3 nitrogen and oxygen atoms in total. The maximum atomic E-state index is 4.56. The molecule has 0 aliphatic carbocycles. The minimum Gasteiger partial charge on any atom is -0.264 e. The molecule has 0 saturated carbocycles. The fraction of sp³-hybridized carbons (Fsp3) is 0.107. The van der Waals surface area contributed by atoms with Crippen molar-refractivity contribution in [3.63, 3.8) is 0 Å². The van der Waals surface area contributed by atoms with Gasteiger partial charge in [-0.05, 0) is 90.4 Å². The Hall–Kier alpha value is -3.85. The van der Waals surface area contributed by atoms with E-state index in [0.717, 1.165) is 33.6 Å². The van der Waals surface area contributed by atoms with Crippen molar-refractivity contribution in [2.24, 2.45) is 0 Å². The van der Waals surface area contributed by atoms with Gasteiger partial charge in [0, 0.05) is 40.9 Å². The molecule has 0 saturated heterocycles.